The van der Waals surface area contributed by atoms with Crippen LogP contribution >= 0.6 is 15.9 Å². The number of nitrogens with one attached hydrogen (secondary N) is 1. The maximum absolute atomic E-state index is 4.60. The molecule has 2 fully saturated rings. The van der Waals surface area contributed by atoms with Crippen molar-refractivity contribution in [1.82, 2.24) is 9.88 Å². The molecule has 2 aliphatic rings. The van der Waals surface area contributed by atoms with Gasteiger partial charge in [-0.3, -0.25) is 4.98 Å². The molecule has 2 bridgehead atoms. The maximum Gasteiger partial charge on any atom is 0.0934 e. The monoisotopic (exact) mass is 345 g/mol. The lowest BCUT2D eigenvalue weighted by Gasteiger charge is -2.37. The van der Waals surface area contributed by atoms with Gasteiger partial charge < -0.3 is 10.2 Å². The number of hydrogen-bond acceptors (Lipinski definition) is 3. The molecule has 3 nitrogen and oxygen atoms in total. The van der Waals surface area contributed by atoms with Crippen LogP contribution < -0.4 is 5.32 Å². The number of halogens is 1. The molecule has 0 radical (unpaired) electrons. The van der Waals surface area contributed by atoms with Crippen molar-refractivity contribution in [3.8, 4) is 0 Å². The topological polar surface area (TPSA) is 28.2 Å². The van der Waals surface area contributed by atoms with E-state index < -0.39 is 0 Å². The van der Waals surface area contributed by atoms with E-state index in [2.05, 4.69) is 62.4 Å². The van der Waals surface area contributed by atoms with Crippen molar-refractivity contribution in [1.29, 1.82) is 0 Å². The van der Waals surface area contributed by atoms with Crippen molar-refractivity contribution in [2.75, 3.05) is 12.4 Å². The van der Waals surface area contributed by atoms with E-state index >= 15 is 0 Å². The minimum atomic E-state index is 0.578. The first-order valence-corrected chi connectivity index (χ1v) is 8.53. The zero-order valence-corrected chi connectivity index (χ0v) is 13.8. The first-order valence-electron chi connectivity index (χ1n) is 7.73. The van der Waals surface area contributed by atoms with Crippen LogP contribution in [0.3, 0.4) is 0 Å². The third-order valence-corrected chi connectivity index (χ3v) is 5.57. The zero-order chi connectivity index (χ0) is 14.4. The molecule has 2 aliphatic heterocycles. The van der Waals surface area contributed by atoms with Gasteiger partial charge in [-0.05, 0) is 60.8 Å². The van der Waals surface area contributed by atoms with Gasteiger partial charge in [0.2, 0.25) is 0 Å². The van der Waals surface area contributed by atoms with E-state index in [0.717, 1.165) is 22.1 Å². The van der Waals surface area contributed by atoms with Gasteiger partial charge in [-0.2, -0.15) is 0 Å². The Morgan fingerprint density at radius 1 is 1.24 bits per heavy atom. The zero-order valence-electron chi connectivity index (χ0n) is 12.2. The third kappa shape index (κ3) is 2.44. The second-order valence-electron chi connectivity index (χ2n) is 6.39. The van der Waals surface area contributed by atoms with Crippen molar-refractivity contribution in [2.45, 2.75) is 43.8 Å². The normalized spacial score (nSPS) is 29.0. The standard InChI is InChI=1S/C17H20BrN3/c1-21-14-5-6-15(21)9-13(8-14)20-16-4-2-3-11-7-12(18)10-19-17(11)16/h2-4,7,10,13-15,20H,5-6,8-9H2,1H3. The van der Waals surface area contributed by atoms with Crippen LogP contribution in [-0.2, 0) is 0 Å². The molecule has 4 rings (SSSR count). The molecule has 4 heteroatoms. The molecule has 0 aliphatic carbocycles. The average Bonchev–Trinajstić information content (AvgIpc) is 2.70. The molecular formula is C17H20BrN3. The Hall–Kier alpha value is -1.13. The number of fused-ring (bicyclic) bond motifs is 3. The molecule has 3 heterocycles. The largest absolute Gasteiger partial charge is 0.380 e. The minimum Gasteiger partial charge on any atom is -0.380 e. The number of pyridine rings is 1. The number of aromatic nitrogens is 1. The summed E-state index contributed by atoms with van der Waals surface area (Å²) in [5.41, 5.74) is 2.25. The van der Waals surface area contributed by atoms with Gasteiger partial charge in [0.15, 0.2) is 0 Å². The van der Waals surface area contributed by atoms with Crippen LogP contribution in [0.25, 0.3) is 10.9 Å². The van der Waals surface area contributed by atoms with Gasteiger partial charge in [0.1, 0.15) is 0 Å². The first-order chi connectivity index (χ1) is 10.2. The molecule has 0 spiro atoms. The quantitative estimate of drug-likeness (QED) is 0.890. The molecular weight excluding hydrogens is 326 g/mol. The average molecular weight is 346 g/mol. The first kappa shape index (κ1) is 13.5. The Morgan fingerprint density at radius 3 is 2.76 bits per heavy atom. The molecule has 0 saturated carbocycles. The highest BCUT2D eigenvalue weighted by Gasteiger charge is 2.38. The highest BCUT2D eigenvalue weighted by atomic mass is 79.9. The lowest BCUT2D eigenvalue weighted by molar-refractivity contribution is 0.169. The highest BCUT2D eigenvalue weighted by molar-refractivity contribution is 9.10. The fraction of sp³-hybridized carbons (Fsp3) is 0.471. The lowest BCUT2D eigenvalue weighted by Crippen LogP contribution is -2.44. The summed E-state index contributed by atoms with van der Waals surface area (Å²) < 4.78 is 1.03. The number of para-hydroxylation sites is 1. The summed E-state index contributed by atoms with van der Waals surface area (Å²) in [6.45, 7) is 0. The van der Waals surface area contributed by atoms with Gasteiger partial charge >= 0.3 is 0 Å². The van der Waals surface area contributed by atoms with Crippen molar-refractivity contribution < 1.29 is 0 Å². The summed E-state index contributed by atoms with van der Waals surface area (Å²) in [5, 5.41) is 4.95. The second-order valence-corrected chi connectivity index (χ2v) is 7.31. The molecule has 110 valence electrons. The summed E-state index contributed by atoms with van der Waals surface area (Å²) in [6.07, 6.45) is 7.10. The lowest BCUT2D eigenvalue weighted by atomic mass is 9.97. The number of anilines is 1. The van der Waals surface area contributed by atoms with Crippen LogP contribution in [0.4, 0.5) is 5.69 Å². The molecule has 1 aromatic carbocycles. The van der Waals surface area contributed by atoms with E-state index in [1.165, 1.54) is 36.8 Å². The summed E-state index contributed by atoms with van der Waals surface area (Å²) in [5.74, 6) is 0. The number of piperidine rings is 1. The van der Waals surface area contributed by atoms with E-state index in [9.17, 15) is 0 Å². The summed E-state index contributed by atoms with van der Waals surface area (Å²) in [7, 11) is 2.29. The van der Waals surface area contributed by atoms with E-state index in [0.29, 0.717) is 6.04 Å². The second kappa shape index (κ2) is 5.25. The SMILES string of the molecule is CN1C2CCC1CC(Nc1cccc3cc(Br)cnc13)C2. The van der Waals surface area contributed by atoms with Crippen molar-refractivity contribution >= 4 is 32.5 Å². The van der Waals surface area contributed by atoms with Gasteiger partial charge in [-0.25, -0.2) is 0 Å². The van der Waals surface area contributed by atoms with Gasteiger partial charge in [-0.1, -0.05) is 12.1 Å². The Bertz CT molecular complexity index is 658. The highest BCUT2D eigenvalue weighted by Crippen LogP contribution is 2.36. The summed E-state index contributed by atoms with van der Waals surface area (Å²) >= 11 is 3.50. The van der Waals surface area contributed by atoms with Gasteiger partial charge in [0.25, 0.3) is 0 Å². The molecule has 2 saturated heterocycles. The number of benzene rings is 1. The van der Waals surface area contributed by atoms with Gasteiger partial charge in [-0.15, -0.1) is 0 Å². The minimum absolute atomic E-state index is 0.578. The molecule has 0 amide bonds. The Balaban J connectivity index is 1.60. The van der Waals surface area contributed by atoms with E-state index in [1.54, 1.807) is 0 Å². The fourth-order valence-corrected chi connectivity index (χ4v) is 4.35. The summed E-state index contributed by atoms with van der Waals surface area (Å²) in [6, 6.07) is 10.6. The predicted octanol–water partition coefficient (Wildman–Crippen LogP) is 4.03. The Labute approximate surface area is 133 Å². The van der Waals surface area contributed by atoms with E-state index in [4.69, 9.17) is 0 Å². The number of nitrogens with zero attached hydrogens (tertiary/aromatic N) is 2. The van der Waals surface area contributed by atoms with E-state index in [1.807, 2.05) is 6.20 Å². The van der Waals surface area contributed by atoms with Crippen LogP contribution in [0.5, 0.6) is 0 Å². The smallest absolute Gasteiger partial charge is 0.0934 e. The van der Waals surface area contributed by atoms with Crippen molar-refractivity contribution in [2.24, 2.45) is 0 Å². The predicted molar refractivity (Wildman–Crippen MR) is 90.7 cm³/mol. The van der Waals surface area contributed by atoms with Crippen LogP contribution in [0, 0.1) is 0 Å². The molecule has 2 unspecified atom stereocenters. The van der Waals surface area contributed by atoms with Gasteiger partial charge in [0, 0.05) is 34.2 Å². The molecule has 2 atom stereocenters. The molecule has 1 aromatic heterocycles. The van der Waals surface area contributed by atoms with Crippen LogP contribution in [0.1, 0.15) is 25.7 Å². The fourth-order valence-electron chi connectivity index (χ4n) is 4.00. The van der Waals surface area contributed by atoms with Crippen LogP contribution in [0.2, 0.25) is 0 Å². The maximum atomic E-state index is 4.60. The molecule has 2 aromatic rings. The third-order valence-electron chi connectivity index (χ3n) is 5.14. The van der Waals surface area contributed by atoms with Crippen molar-refractivity contribution in [3.63, 3.8) is 0 Å². The Kier molecular flexibility index (Phi) is 3.38. The number of rotatable bonds is 2. The van der Waals surface area contributed by atoms with Gasteiger partial charge in [0.05, 0.1) is 11.2 Å². The van der Waals surface area contributed by atoms with Crippen molar-refractivity contribution in [3.05, 3.63) is 34.9 Å². The van der Waals surface area contributed by atoms with Crippen LogP contribution in [0.15, 0.2) is 34.9 Å². The van der Waals surface area contributed by atoms with E-state index in [-0.39, 0.29) is 0 Å². The van der Waals surface area contributed by atoms with Crippen LogP contribution in [-0.4, -0.2) is 35.1 Å². The molecule has 21 heavy (non-hydrogen) atoms. The number of hydrogen-bond donors (Lipinski definition) is 1. The molecule has 1 N–H and O–H groups in total. The summed E-state index contributed by atoms with van der Waals surface area (Å²) in [4.78, 5) is 7.18. The Morgan fingerprint density at radius 2 is 2.00 bits per heavy atom.